The van der Waals surface area contributed by atoms with Crippen molar-refractivity contribution in [3.05, 3.63) is 59.7 Å². The van der Waals surface area contributed by atoms with Gasteiger partial charge in [-0.2, -0.15) is 0 Å². The third-order valence-electron chi connectivity index (χ3n) is 3.31. The molecule has 3 nitrogen and oxygen atoms in total. The molecule has 0 aliphatic rings. The molecule has 2 aromatic rings. The largest absolute Gasteiger partial charge is 0.497 e. The normalized spacial score (nSPS) is 12.0. The zero-order valence-electron chi connectivity index (χ0n) is 12.6. The van der Waals surface area contributed by atoms with Crippen LogP contribution in [0.4, 0.5) is 8.78 Å². The topological polar surface area (TPSA) is 30.5 Å². The van der Waals surface area contributed by atoms with Crippen LogP contribution in [0.3, 0.4) is 0 Å². The van der Waals surface area contributed by atoms with Crippen LogP contribution in [0.25, 0.3) is 0 Å². The molecule has 0 aromatic heterocycles. The van der Waals surface area contributed by atoms with Gasteiger partial charge in [-0.3, -0.25) is 0 Å². The first-order valence-electron chi connectivity index (χ1n) is 7.05. The molecule has 1 unspecified atom stereocenters. The van der Waals surface area contributed by atoms with E-state index in [4.69, 9.17) is 9.47 Å². The van der Waals surface area contributed by atoms with Gasteiger partial charge in [0.15, 0.2) is 0 Å². The summed E-state index contributed by atoms with van der Waals surface area (Å²) < 4.78 is 37.1. The Labute approximate surface area is 128 Å². The lowest BCUT2D eigenvalue weighted by atomic mass is 10.1. The van der Waals surface area contributed by atoms with Crippen LogP contribution in [0.5, 0.6) is 11.5 Å². The molecule has 0 saturated heterocycles. The van der Waals surface area contributed by atoms with Crippen molar-refractivity contribution in [2.75, 3.05) is 20.3 Å². The molecular formula is C17H19F2NO2. The van der Waals surface area contributed by atoms with Gasteiger partial charge in [0.2, 0.25) is 0 Å². The van der Waals surface area contributed by atoms with Crippen LogP contribution in [0.2, 0.25) is 0 Å². The van der Waals surface area contributed by atoms with Crippen LogP contribution >= 0.6 is 0 Å². The van der Waals surface area contributed by atoms with Gasteiger partial charge in [-0.1, -0.05) is 6.07 Å². The predicted molar refractivity (Wildman–Crippen MR) is 81.3 cm³/mol. The van der Waals surface area contributed by atoms with E-state index in [2.05, 4.69) is 5.32 Å². The fourth-order valence-corrected chi connectivity index (χ4v) is 2.08. The van der Waals surface area contributed by atoms with Gasteiger partial charge in [0, 0.05) is 24.2 Å². The third kappa shape index (κ3) is 4.43. The average Bonchev–Trinajstić information content (AvgIpc) is 2.52. The Bertz CT molecular complexity index is 602. The van der Waals surface area contributed by atoms with Gasteiger partial charge in [-0.05, 0) is 37.3 Å². The highest BCUT2D eigenvalue weighted by Gasteiger charge is 2.10. The Kier molecular flexibility index (Phi) is 5.72. The summed E-state index contributed by atoms with van der Waals surface area (Å²) >= 11 is 0. The zero-order valence-corrected chi connectivity index (χ0v) is 12.6. The summed E-state index contributed by atoms with van der Waals surface area (Å²) in [7, 11) is 1.61. The van der Waals surface area contributed by atoms with Crippen LogP contribution in [0.15, 0.2) is 42.5 Å². The van der Waals surface area contributed by atoms with Crippen molar-refractivity contribution in [2.24, 2.45) is 0 Å². The molecule has 22 heavy (non-hydrogen) atoms. The van der Waals surface area contributed by atoms with Gasteiger partial charge < -0.3 is 14.8 Å². The molecule has 0 saturated carbocycles. The van der Waals surface area contributed by atoms with E-state index in [1.165, 1.54) is 12.1 Å². The van der Waals surface area contributed by atoms with Crippen LogP contribution in [-0.2, 0) is 0 Å². The number of hydrogen-bond acceptors (Lipinski definition) is 3. The molecule has 0 heterocycles. The molecule has 0 fully saturated rings. The summed E-state index contributed by atoms with van der Waals surface area (Å²) in [5, 5.41) is 3.14. The fourth-order valence-electron chi connectivity index (χ4n) is 2.08. The Morgan fingerprint density at radius 1 is 1.05 bits per heavy atom. The molecule has 0 bridgehead atoms. The summed E-state index contributed by atoms with van der Waals surface area (Å²) in [6.07, 6.45) is 0. The maximum atomic E-state index is 13.6. The highest BCUT2D eigenvalue weighted by Crippen LogP contribution is 2.18. The monoisotopic (exact) mass is 307 g/mol. The van der Waals surface area contributed by atoms with Crippen molar-refractivity contribution in [3.63, 3.8) is 0 Å². The number of methoxy groups -OCH3 is 1. The molecule has 1 N–H and O–H groups in total. The maximum absolute atomic E-state index is 13.6. The molecule has 5 heteroatoms. The van der Waals surface area contributed by atoms with Crippen molar-refractivity contribution >= 4 is 0 Å². The molecule has 0 spiro atoms. The molecule has 0 aliphatic carbocycles. The summed E-state index contributed by atoms with van der Waals surface area (Å²) in [6, 6.07) is 10.7. The Balaban J connectivity index is 1.77. The first kappa shape index (κ1) is 16.2. The number of halogens is 2. The molecule has 118 valence electrons. The third-order valence-corrected chi connectivity index (χ3v) is 3.31. The molecule has 0 radical (unpaired) electrons. The maximum Gasteiger partial charge on any atom is 0.130 e. The number of hydrogen-bond donors (Lipinski definition) is 1. The van der Waals surface area contributed by atoms with Crippen LogP contribution in [0, 0.1) is 11.6 Å². The Morgan fingerprint density at radius 2 is 1.73 bits per heavy atom. The second-order valence-electron chi connectivity index (χ2n) is 4.87. The van der Waals surface area contributed by atoms with Crippen LogP contribution < -0.4 is 14.8 Å². The van der Waals surface area contributed by atoms with Crippen molar-refractivity contribution < 1.29 is 18.3 Å². The number of nitrogens with one attached hydrogen (secondary N) is 1. The average molecular weight is 307 g/mol. The number of benzene rings is 2. The lowest BCUT2D eigenvalue weighted by Crippen LogP contribution is -2.25. The molecule has 2 aromatic carbocycles. The van der Waals surface area contributed by atoms with Crippen LogP contribution in [-0.4, -0.2) is 20.3 Å². The summed E-state index contributed by atoms with van der Waals surface area (Å²) in [4.78, 5) is 0. The highest BCUT2D eigenvalue weighted by atomic mass is 19.1. The van der Waals surface area contributed by atoms with E-state index in [1.807, 2.05) is 31.2 Å². The SMILES string of the molecule is COc1ccc(OCCNC(C)c2ccc(F)cc2F)cc1. The number of rotatable bonds is 7. The van der Waals surface area contributed by atoms with Gasteiger partial charge in [0.25, 0.3) is 0 Å². The van der Waals surface area contributed by atoms with E-state index < -0.39 is 11.6 Å². The quantitative estimate of drug-likeness (QED) is 0.791. The van der Waals surface area contributed by atoms with Gasteiger partial charge in [-0.25, -0.2) is 8.78 Å². The smallest absolute Gasteiger partial charge is 0.130 e. The predicted octanol–water partition coefficient (Wildman–Crippen LogP) is 3.70. The van der Waals surface area contributed by atoms with Gasteiger partial charge in [-0.15, -0.1) is 0 Å². The Hall–Kier alpha value is -2.14. The summed E-state index contributed by atoms with van der Waals surface area (Å²) in [5.74, 6) is 0.390. The minimum atomic E-state index is -0.573. The van der Waals surface area contributed by atoms with Crippen molar-refractivity contribution in [3.8, 4) is 11.5 Å². The fraction of sp³-hybridized carbons (Fsp3) is 0.294. The van der Waals surface area contributed by atoms with Gasteiger partial charge in [0.05, 0.1) is 7.11 Å². The zero-order chi connectivity index (χ0) is 15.9. The Morgan fingerprint density at radius 3 is 2.36 bits per heavy atom. The van der Waals surface area contributed by atoms with E-state index in [0.717, 1.165) is 17.6 Å². The standard InChI is InChI=1S/C17H19F2NO2/c1-12(16-8-3-13(18)11-17(16)19)20-9-10-22-15-6-4-14(21-2)5-7-15/h3-8,11-12,20H,9-10H2,1-2H3. The number of ether oxygens (including phenoxy) is 2. The lowest BCUT2D eigenvalue weighted by molar-refractivity contribution is 0.306. The lowest BCUT2D eigenvalue weighted by Gasteiger charge is -2.15. The van der Waals surface area contributed by atoms with Gasteiger partial charge >= 0.3 is 0 Å². The minimum absolute atomic E-state index is 0.222. The first-order valence-corrected chi connectivity index (χ1v) is 7.05. The van der Waals surface area contributed by atoms with Crippen molar-refractivity contribution in [1.29, 1.82) is 0 Å². The summed E-state index contributed by atoms with van der Waals surface area (Å²) in [6.45, 7) is 2.81. The van der Waals surface area contributed by atoms with Crippen molar-refractivity contribution in [2.45, 2.75) is 13.0 Å². The molecule has 1 atom stereocenters. The second kappa shape index (κ2) is 7.75. The molecule has 0 aliphatic heterocycles. The van der Waals surface area contributed by atoms with E-state index >= 15 is 0 Å². The van der Waals surface area contributed by atoms with E-state index in [9.17, 15) is 8.78 Å². The first-order chi connectivity index (χ1) is 10.6. The van der Waals surface area contributed by atoms with Crippen molar-refractivity contribution in [1.82, 2.24) is 5.32 Å². The van der Waals surface area contributed by atoms with E-state index in [0.29, 0.717) is 18.7 Å². The highest BCUT2D eigenvalue weighted by molar-refractivity contribution is 5.31. The summed E-state index contributed by atoms with van der Waals surface area (Å²) in [5.41, 5.74) is 0.436. The van der Waals surface area contributed by atoms with E-state index in [1.54, 1.807) is 7.11 Å². The van der Waals surface area contributed by atoms with E-state index in [-0.39, 0.29) is 6.04 Å². The van der Waals surface area contributed by atoms with Crippen LogP contribution in [0.1, 0.15) is 18.5 Å². The minimum Gasteiger partial charge on any atom is -0.497 e. The van der Waals surface area contributed by atoms with Gasteiger partial charge in [0.1, 0.15) is 29.7 Å². The second-order valence-corrected chi connectivity index (χ2v) is 4.87. The molecular weight excluding hydrogens is 288 g/mol. The molecule has 0 amide bonds. The molecule has 2 rings (SSSR count).